The lowest BCUT2D eigenvalue weighted by atomic mass is 10.2. The molecule has 0 spiro atoms. The summed E-state index contributed by atoms with van der Waals surface area (Å²) in [6.07, 6.45) is 7.42. The first-order chi connectivity index (χ1) is 9.60. The van der Waals surface area contributed by atoms with E-state index in [0.717, 1.165) is 5.69 Å². The fourth-order valence-corrected chi connectivity index (χ4v) is 1.74. The fourth-order valence-electron chi connectivity index (χ4n) is 1.74. The molecule has 3 N–H and O–H groups in total. The maximum absolute atomic E-state index is 12.0. The largest absolute Gasteiger partial charge is 0.399 e. The third-order valence-corrected chi connectivity index (χ3v) is 2.78. The SMILES string of the molecule is C#CCC(C)NC(=O)c1ccn(-c2ccc(N)cc2)n1. The van der Waals surface area contributed by atoms with E-state index < -0.39 is 0 Å². The first-order valence-electron chi connectivity index (χ1n) is 6.26. The second kappa shape index (κ2) is 5.93. The maximum atomic E-state index is 12.0. The number of nitrogens with two attached hydrogens (primary N) is 1. The number of carbonyl (C=O) groups is 1. The van der Waals surface area contributed by atoms with Crippen molar-refractivity contribution < 1.29 is 4.79 Å². The van der Waals surface area contributed by atoms with Gasteiger partial charge in [-0.25, -0.2) is 4.68 Å². The Kier molecular flexibility index (Phi) is 4.06. The van der Waals surface area contributed by atoms with Gasteiger partial charge in [0.25, 0.3) is 5.91 Å². The van der Waals surface area contributed by atoms with Crippen LogP contribution < -0.4 is 11.1 Å². The molecule has 0 saturated carbocycles. The molecule has 20 heavy (non-hydrogen) atoms. The zero-order chi connectivity index (χ0) is 14.5. The van der Waals surface area contributed by atoms with Gasteiger partial charge in [-0.1, -0.05) is 0 Å². The molecule has 0 aliphatic heterocycles. The van der Waals surface area contributed by atoms with Crippen LogP contribution in [0.25, 0.3) is 5.69 Å². The minimum Gasteiger partial charge on any atom is -0.399 e. The minimum absolute atomic E-state index is 0.0748. The zero-order valence-corrected chi connectivity index (χ0v) is 11.2. The van der Waals surface area contributed by atoms with Gasteiger partial charge in [-0.2, -0.15) is 5.10 Å². The summed E-state index contributed by atoms with van der Waals surface area (Å²) in [6, 6.07) is 8.83. The molecule has 1 unspecified atom stereocenters. The number of nitrogens with zero attached hydrogens (tertiary/aromatic N) is 2. The van der Waals surface area contributed by atoms with Gasteiger partial charge in [-0.3, -0.25) is 4.79 Å². The number of hydrogen-bond acceptors (Lipinski definition) is 3. The van der Waals surface area contributed by atoms with Crippen molar-refractivity contribution in [2.24, 2.45) is 0 Å². The first kappa shape index (κ1) is 13.7. The van der Waals surface area contributed by atoms with Crippen molar-refractivity contribution in [2.75, 3.05) is 5.73 Å². The number of anilines is 1. The molecule has 0 fully saturated rings. The summed E-state index contributed by atoms with van der Waals surface area (Å²) in [6.45, 7) is 1.86. The van der Waals surface area contributed by atoms with Crippen molar-refractivity contribution in [3.63, 3.8) is 0 Å². The number of terminal acetylenes is 1. The molecular formula is C15H16N4O. The second-order valence-corrected chi connectivity index (χ2v) is 4.52. The van der Waals surface area contributed by atoms with Crippen LogP contribution in [0.1, 0.15) is 23.8 Å². The normalized spacial score (nSPS) is 11.6. The van der Waals surface area contributed by atoms with E-state index in [2.05, 4.69) is 16.3 Å². The number of aromatic nitrogens is 2. The van der Waals surface area contributed by atoms with E-state index in [0.29, 0.717) is 17.8 Å². The Morgan fingerprint density at radius 2 is 2.15 bits per heavy atom. The highest BCUT2D eigenvalue weighted by atomic mass is 16.2. The predicted molar refractivity (Wildman–Crippen MR) is 78.4 cm³/mol. The van der Waals surface area contributed by atoms with E-state index in [1.54, 1.807) is 29.1 Å². The fraction of sp³-hybridized carbons (Fsp3) is 0.200. The molecule has 1 atom stereocenters. The molecule has 5 nitrogen and oxygen atoms in total. The zero-order valence-electron chi connectivity index (χ0n) is 11.2. The molecule has 102 valence electrons. The Hall–Kier alpha value is -2.74. The van der Waals surface area contributed by atoms with E-state index >= 15 is 0 Å². The lowest BCUT2D eigenvalue weighted by Gasteiger charge is -2.09. The summed E-state index contributed by atoms with van der Waals surface area (Å²) >= 11 is 0. The molecule has 2 rings (SSSR count). The summed E-state index contributed by atoms with van der Waals surface area (Å²) in [7, 11) is 0. The smallest absolute Gasteiger partial charge is 0.272 e. The van der Waals surface area contributed by atoms with Crippen LogP contribution in [0.4, 0.5) is 5.69 Å². The van der Waals surface area contributed by atoms with E-state index in [1.165, 1.54) is 0 Å². The van der Waals surface area contributed by atoms with Gasteiger partial charge < -0.3 is 11.1 Å². The van der Waals surface area contributed by atoms with Gasteiger partial charge in [-0.05, 0) is 37.3 Å². The topological polar surface area (TPSA) is 72.9 Å². The van der Waals surface area contributed by atoms with Crippen molar-refractivity contribution in [1.29, 1.82) is 0 Å². The molecule has 1 aromatic carbocycles. The van der Waals surface area contributed by atoms with Crippen molar-refractivity contribution in [2.45, 2.75) is 19.4 Å². The molecule has 5 heteroatoms. The van der Waals surface area contributed by atoms with E-state index in [9.17, 15) is 4.79 Å². The molecule has 0 radical (unpaired) electrons. The molecule has 0 aliphatic carbocycles. The molecule has 0 saturated heterocycles. The van der Waals surface area contributed by atoms with Gasteiger partial charge in [0.05, 0.1) is 5.69 Å². The maximum Gasteiger partial charge on any atom is 0.272 e. The number of amides is 1. The van der Waals surface area contributed by atoms with Crippen LogP contribution in [0.3, 0.4) is 0 Å². The Morgan fingerprint density at radius 1 is 1.45 bits per heavy atom. The summed E-state index contributed by atoms with van der Waals surface area (Å²) < 4.78 is 1.63. The van der Waals surface area contributed by atoms with E-state index in [4.69, 9.17) is 12.2 Å². The van der Waals surface area contributed by atoms with Crippen molar-refractivity contribution in [3.8, 4) is 18.0 Å². The number of nitrogens with one attached hydrogen (secondary N) is 1. The molecule has 0 aliphatic rings. The molecule has 2 aromatic rings. The van der Waals surface area contributed by atoms with Gasteiger partial charge in [0.15, 0.2) is 5.69 Å². The number of nitrogen functional groups attached to an aromatic ring is 1. The average molecular weight is 268 g/mol. The summed E-state index contributed by atoms with van der Waals surface area (Å²) in [5.74, 6) is 2.27. The molecular weight excluding hydrogens is 252 g/mol. The van der Waals surface area contributed by atoms with Crippen LogP contribution in [-0.4, -0.2) is 21.7 Å². The molecule has 0 bridgehead atoms. The van der Waals surface area contributed by atoms with Gasteiger partial charge in [0.2, 0.25) is 0 Å². The van der Waals surface area contributed by atoms with Crippen LogP contribution in [-0.2, 0) is 0 Å². The van der Waals surface area contributed by atoms with Gasteiger partial charge in [0, 0.05) is 24.3 Å². The monoisotopic (exact) mass is 268 g/mol. The molecule has 1 aromatic heterocycles. The highest BCUT2D eigenvalue weighted by Gasteiger charge is 2.12. The van der Waals surface area contributed by atoms with Crippen LogP contribution in [0.15, 0.2) is 36.5 Å². The van der Waals surface area contributed by atoms with Crippen LogP contribution >= 0.6 is 0 Å². The number of rotatable bonds is 4. The number of carbonyl (C=O) groups excluding carboxylic acids is 1. The van der Waals surface area contributed by atoms with Gasteiger partial charge in [-0.15, -0.1) is 12.3 Å². The molecule has 1 heterocycles. The highest BCUT2D eigenvalue weighted by Crippen LogP contribution is 2.10. The second-order valence-electron chi connectivity index (χ2n) is 4.52. The van der Waals surface area contributed by atoms with Crippen LogP contribution in [0, 0.1) is 12.3 Å². The van der Waals surface area contributed by atoms with Gasteiger partial charge >= 0.3 is 0 Å². The van der Waals surface area contributed by atoms with Crippen molar-refractivity contribution in [3.05, 3.63) is 42.2 Å². The van der Waals surface area contributed by atoms with E-state index in [-0.39, 0.29) is 11.9 Å². The summed E-state index contributed by atoms with van der Waals surface area (Å²) in [4.78, 5) is 12.0. The quantitative estimate of drug-likeness (QED) is 0.653. The predicted octanol–water partition coefficient (Wildman–Crippen LogP) is 1.60. The average Bonchev–Trinajstić information content (AvgIpc) is 2.89. The Balaban J connectivity index is 2.11. The lowest BCUT2D eigenvalue weighted by Crippen LogP contribution is -2.32. The Morgan fingerprint density at radius 3 is 2.80 bits per heavy atom. The lowest BCUT2D eigenvalue weighted by molar-refractivity contribution is 0.0935. The standard InChI is InChI=1S/C15H16N4O/c1-3-4-11(2)17-15(20)14-9-10-19(18-14)13-7-5-12(16)6-8-13/h1,5-11H,4,16H2,2H3,(H,17,20). The third-order valence-electron chi connectivity index (χ3n) is 2.78. The minimum atomic E-state index is -0.234. The first-order valence-corrected chi connectivity index (χ1v) is 6.26. The van der Waals surface area contributed by atoms with Gasteiger partial charge in [0.1, 0.15) is 0 Å². The Bertz CT molecular complexity index is 637. The summed E-state index contributed by atoms with van der Waals surface area (Å²) in [5, 5.41) is 7.03. The van der Waals surface area contributed by atoms with E-state index in [1.807, 2.05) is 19.1 Å². The number of benzene rings is 1. The van der Waals surface area contributed by atoms with Crippen LogP contribution in [0.2, 0.25) is 0 Å². The summed E-state index contributed by atoms with van der Waals surface area (Å²) in [5.41, 5.74) is 7.51. The van der Waals surface area contributed by atoms with Crippen molar-refractivity contribution >= 4 is 11.6 Å². The third kappa shape index (κ3) is 3.18. The highest BCUT2D eigenvalue weighted by molar-refractivity contribution is 5.92. The molecule has 1 amide bonds. The Labute approximate surface area is 117 Å². The van der Waals surface area contributed by atoms with Crippen LogP contribution in [0.5, 0.6) is 0 Å². The number of hydrogen-bond donors (Lipinski definition) is 2. The van der Waals surface area contributed by atoms with Crippen molar-refractivity contribution in [1.82, 2.24) is 15.1 Å².